The van der Waals surface area contributed by atoms with Crippen LogP contribution in [0.4, 0.5) is 5.69 Å². The molecule has 3 rings (SSSR count). The first-order valence-corrected chi connectivity index (χ1v) is 6.89. The Bertz CT molecular complexity index is 776. The highest BCUT2D eigenvalue weighted by Gasteiger charge is 2.05. The summed E-state index contributed by atoms with van der Waals surface area (Å²) in [4.78, 5) is 14.9. The van der Waals surface area contributed by atoms with E-state index in [0.29, 0.717) is 12.1 Å². The molecule has 0 radical (unpaired) electrons. The summed E-state index contributed by atoms with van der Waals surface area (Å²) in [5.41, 5.74) is 3.93. The van der Waals surface area contributed by atoms with Gasteiger partial charge in [-0.1, -0.05) is 24.3 Å². The molecule has 1 amide bonds. The highest BCUT2D eigenvalue weighted by atomic mass is 16.1. The minimum Gasteiger partial charge on any atom is -0.381 e. The van der Waals surface area contributed by atoms with Crippen LogP contribution in [-0.2, 0) is 6.54 Å². The summed E-state index contributed by atoms with van der Waals surface area (Å²) in [6.45, 7) is 0.703. The van der Waals surface area contributed by atoms with Gasteiger partial charge in [-0.25, -0.2) is 0 Å². The van der Waals surface area contributed by atoms with Crippen molar-refractivity contribution in [3.05, 3.63) is 65.9 Å². The fourth-order valence-electron chi connectivity index (χ4n) is 2.41. The Morgan fingerprint density at radius 2 is 2.00 bits per heavy atom. The molecule has 0 fully saturated rings. The lowest BCUT2D eigenvalue weighted by atomic mass is 10.1. The van der Waals surface area contributed by atoms with Crippen molar-refractivity contribution in [2.45, 2.75) is 6.54 Å². The number of anilines is 1. The molecule has 0 unspecified atom stereocenters. The highest BCUT2D eigenvalue weighted by Crippen LogP contribution is 2.19. The maximum atomic E-state index is 11.6. The molecule has 0 aliphatic heterocycles. The minimum absolute atomic E-state index is 0.0786. The molecule has 1 aromatic heterocycles. The van der Waals surface area contributed by atoms with Crippen LogP contribution >= 0.6 is 0 Å². The standard InChI is InChI=1S/C17H17N3O/c1-18-17(21)13-5-3-7-15(10-13)20-11-14-6-2-4-12-8-9-19-16(12)14/h2-10,19-20H,11H2,1H3,(H,18,21). The lowest BCUT2D eigenvalue weighted by Crippen LogP contribution is -2.17. The highest BCUT2D eigenvalue weighted by molar-refractivity contribution is 5.94. The van der Waals surface area contributed by atoms with Gasteiger partial charge in [0.25, 0.3) is 5.91 Å². The largest absolute Gasteiger partial charge is 0.381 e. The van der Waals surface area contributed by atoms with Gasteiger partial charge < -0.3 is 15.6 Å². The average molecular weight is 279 g/mol. The van der Waals surface area contributed by atoms with Gasteiger partial charge in [-0.2, -0.15) is 0 Å². The number of carbonyl (C=O) groups excluding carboxylic acids is 1. The molecule has 0 atom stereocenters. The molecule has 3 aromatic rings. The molecule has 0 bridgehead atoms. The Labute approximate surface area is 123 Å². The molecule has 0 saturated heterocycles. The predicted molar refractivity (Wildman–Crippen MR) is 85.5 cm³/mol. The first kappa shape index (κ1) is 13.2. The summed E-state index contributed by atoms with van der Waals surface area (Å²) in [5, 5.41) is 7.20. The maximum absolute atomic E-state index is 11.6. The number of aromatic amines is 1. The summed E-state index contributed by atoms with van der Waals surface area (Å²) in [7, 11) is 1.63. The lowest BCUT2D eigenvalue weighted by Gasteiger charge is -2.09. The fraction of sp³-hybridized carbons (Fsp3) is 0.118. The van der Waals surface area contributed by atoms with Gasteiger partial charge in [-0.3, -0.25) is 4.79 Å². The first-order valence-electron chi connectivity index (χ1n) is 6.89. The van der Waals surface area contributed by atoms with Gasteiger partial charge in [0.05, 0.1) is 5.52 Å². The Balaban J connectivity index is 1.79. The molecule has 0 aliphatic carbocycles. The molecular formula is C17H17N3O. The van der Waals surface area contributed by atoms with E-state index in [2.05, 4.69) is 33.8 Å². The molecule has 4 heteroatoms. The molecule has 0 spiro atoms. The number of para-hydroxylation sites is 1. The normalized spacial score (nSPS) is 10.5. The molecule has 0 saturated carbocycles. The molecule has 3 N–H and O–H groups in total. The van der Waals surface area contributed by atoms with E-state index >= 15 is 0 Å². The van der Waals surface area contributed by atoms with E-state index in [4.69, 9.17) is 0 Å². The van der Waals surface area contributed by atoms with Gasteiger partial charge in [0.1, 0.15) is 0 Å². The number of rotatable bonds is 4. The van der Waals surface area contributed by atoms with Crippen molar-refractivity contribution in [3.63, 3.8) is 0 Å². The molecule has 0 aliphatic rings. The van der Waals surface area contributed by atoms with E-state index in [9.17, 15) is 4.79 Å². The Morgan fingerprint density at radius 1 is 1.14 bits per heavy atom. The van der Waals surface area contributed by atoms with Crippen LogP contribution in [0.25, 0.3) is 10.9 Å². The van der Waals surface area contributed by atoms with E-state index in [0.717, 1.165) is 11.2 Å². The van der Waals surface area contributed by atoms with Crippen LogP contribution in [-0.4, -0.2) is 17.9 Å². The Morgan fingerprint density at radius 3 is 2.86 bits per heavy atom. The number of aromatic nitrogens is 1. The van der Waals surface area contributed by atoms with Gasteiger partial charge in [0.15, 0.2) is 0 Å². The topological polar surface area (TPSA) is 56.9 Å². The minimum atomic E-state index is -0.0786. The van der Waals surface area contributed by atoms with Crippen LogP contribution < -0.4 is 10.6 Å². The summed E-state index contributed by atoms with van der Waals surface area (Å²) < 4.78 is 0. The number of amides is 1. The van der Waals surface area contributed by atoms with Crippen molar-refractivity contribution in [2.24, 2.45) is 0 Å². The smallest absolute Gasteiger partial charge is 0.251 e. The second-order valence-corrected chi connectivity index (χ2v) is 4.87. The lowest BCUT2D eigenvalue weighted by molar-refractivity contribution is 0.0963. The fourth-order valence-corrected chi connectivity index (χ4v) is 2.41. The number of H-pyrrole nitrogens is 1. The number of fused-ring (bicyclic) bond motifs is 1. The van der Waals surface area contributed by atoms with E-state index in [1.807, 2.05) is 30.5 Å². The number of benzene rings is 2. The van der Waals surface area contributed by atoms with Crippen molar-refractivity contribution < 1.29 is 4.79 Å². The van der Waals surface area contributed by atoms with Crippen LogP contribution in [0.3, 0.4) is 0 Å². The van der Waals surface area contributed by atoms with E-state index in [1.54, 1.807) is 13.1 Å². The van der Waals surface area contributed by atoms with Crippen molar-refractivity contribution in [3.8, 4) is 0 Å². The number of carbonyl (C=O) groups is 1. The molecule has 4 nitrogen and oxygen atoms in total. The van der Waals surface area contributed by atoms with Crippen LogP contribution in [0.5, 0.6) is 0 Å². The summed E-state index contributed by atoms with van der Waals surface area (Å²) in [5.74, 6) is -0.0786. The second-order valence-electron chi connectivity index (χ2n) is 4.87. The summed E-state index contributed by atoms with van der Waals surface area (Å²) in [6, 6.07) is 15.8. The second kappa shape index (κ2) is 5.71. The maximum Gasteiger partial charge on any atom is 0.251 e. The molecule has 1 heterocycles. The van der Waals surface area contributed by atoms with Crippen molar-refractivity contribution in [2.75, 3.05) is 12.4 Å². The van der Waals surface area contributed by atoms with E-state index < -0.39 is 0 Å². The zero-order chi connectivity index (χ0) is 14.7. The monoisotopic (exact) mass is 279 g/mol. The third-order valence-corrected chi connectivity index (χ3v) is 3.51. The Hall–Kier alpha value is -2.75. The SMILES string of the molecule is CNC(=O)c1cccc(NCc2cccc3cc[nH]c23)c1. The van der Waals surface area contributed by atoms with Gasteiger partial charge in [0.2, 0.25) is 0 Å². The molecule has 106 valence electrons. The quantitative estimate of drug-likeness (QED) is 0.687. The Kier molecular flexibility index (Phi) is 3.60. The van der Waals surface area contributed by atoms with E-state index in [1.165, 1.54) is 10.9 Å². The van der Waals surface area contributed by atoms with Crippen molar-refractivity contribution in [1.29, 1.82) is 0 Å². The third-order valence-electron chi connectivity index (χ3n) is 3.51. The molecular weight excluding hydrogens is 262 g/mol. The first-order chi connectivity index (χ1) is 10.3. The third kappa shape index (κ3) is 2.74. The molecule has 21 heavy (non-hydrogen) atoms. The van der Waals surface area contributed by atoms with Gasteiger partial charge in [-0.05, 0) is 35.2 Å². The van der Waals surface area contributed by atoms with Crippen LogP contribution in [0.2, 0.25) is 0 Å². The predicted octanol–water partition coefficient (Wildman–Crippen LogP) is 3.14. The van der Waals surface area contributed by atoms with Gasteiger partial charge in [0, 0.05) is 31.0 Å². The molecule has 2 aromatic carbocycles. The number of hydrogen-bond acceptors (Lipinski definition) is 2. The zero-order valence-corrected chi connectivity index (χ0v) is 11.8. The van der Waals surface area contributed by atoms with Crippen molar-refractivity contribution in [1.82, 2.24) is 10.3 Å². The average Bonchev–Trinajstić information content (AvgIpc) is 3.01. The number of nitrogens with one attached hydrogen (secondary N) is 3. The van der Waals surface area contributed by atoms with Crippen LogP contribution in [0, 0.1) is 0 Å². The van der Waals surface area contributed by atoms with Gasteiger partial charge >= 0.3 is 0 Å². The summed E-state index contributed by atoms with van der Waals surface area (Å²) in [6.07, 6.45) is 1.94. The summed E-state index contributed by atoms with van der Waals surface area (Å²) >= 11 is 0. The van der Waals surface area contributed by atoms with E-state index in [-0.39, 0.29) is 5.91 Å². The zero-order valence-electron chi connectivity index (χ0n) is 11.8. The van der Waals surface area contributed by atoms with Gasteiger partial charge in [-0.15, -0.1) is 0 Å². The van der Waals surface area contributed by atoms with Crippen LogP contribution in [0.1, 0.15) is 15.9 Å². The number of hydrogen-bond donors (Lipinski definition) is 3. The van der Waals surface area contributed by atoms with Crippen LogP contribution in [0.15, 0.2) is 54.7 Å². The van der Waals surface area contributed by atoms with Crippen molar-refractivity contribution >= 4 is 22.5 Å².